The fraction of sp³-hybridized carbons (Fsp3) is 0.211. The number of hydrogen-bond acceptors (Lipinski definition) is 12. The third kappa shape index (κ3) is 4.47. The fourth-order valence-electron chi connectivity index (χ4n) is 3.66. The average molecular weight is 519 g/mol. The third-order valence-electron chi connectivity index (χ3n) is 5.24. The van der Waals surface area contributed by atoms with Gasteiger partial charge in [0.15, 0.2) is 35.6 Å². The summed E-state index contributed by atoms with van der Waals surface area (Å²) in [6.45, 7) is 0.100. The zero-order valence-corrected chi connectivity index (χ0v) is 19.3. The van der Waals surface area contributed by atoms with E-state index in [4.69, 9.17) is 16.7 Å². The van der Waals surface area contributed by atoms with Crippen molar-refractivity contribution >= 4 is 57.6 Å². The van der Waals surface area contributed by atoms with Crippen molar-refractivity contribution in [3.63, 3.8) is 0 Å². The normalized spacial score (nSPS) is 20.3. The summed E-state index contributed by atoms with van der Waals surface area (Å²) in [5.74, 6) is -2.94. The van der Waals surface area contributed by atoms with Crippen molar-refractivity contribution in [3.8, 4) is 0 Å². The Labute approximate surface area is 205 Å². The summed E-state index contributed by atoms with van der Waals surface area (Å²) in [5.41, 5.74) is 11.3. The summed E-state index contributed by atoms with van der Waals surface area (Å²) in [5, 5.41) is 39.3. The first-order valence-electron chi connectivity index (χ1n) is 9.84. The molecule has 16 heteroatoms. The number of β-lactam (4-membered cyclic amide) rings is 1. The lowest BCUT2D eigenvalue weighted by Crippen LogP contribution is -2.71. The number of carbonyl (C=O) groups excluding carboxylic acids is 3. The number of fused-ring (bicyclic) bond motifs is 1. The third-order valence-corrected chi connectivity index (χ3v) is 7.26. The predicted octanol–water partition coefficient (Wildman–Crippen LogP) is -2.61. The molecule has 2 aromatic rings. The summed E-state index contributed by atoms with van der Waals surface area (Å²) in [6.07, 6.45) is 3.22. The first-order chi connectivity index (χ1) is 16.7. The van der Waals surface area contributed by atoms with Gasteiger partial charge >= 0.3 is 0 Å². The second kappa shape index (κ2) is 9.59. The van der Waals surface area contributed by atoms with Gasteiger partial charge in [0.1, 0.15) is 17.1 Å². The van der Waals surface area contributed by atoms with Crippen LogP contribution in [0.2, 0.25) is 0 Å². The highest BCUT2D eigenvalue weighted by atomic mass is 32.2. The van der Waals surface area contributed by atoms with E-state index in [9.17, 15) is 24.7 Å². The zero-order valence-electron chi connectivity index (χ0n) is 17.7. The molecule has 0 aromatic carbocycles. The van der Waals surface area contributed by atoms with Gasteiger partial charge in [-0.3, -0.25) is 14.5 Å². The molecule has 2 aromatic heterocycles. The van der Waals surface area contributed by atoms with E-state index in [0.29, 0.717) is 11.1 Å². The van der Waals surface area contributed by atoms with Crippen molar-refractivity contribution in [2.45, 2.75) is 18.0 Å². The lowest BCUT2D eigenvalue weighted by Gasteiger charge is -2.50. The van der Waals surface area contributed by atoms with Crippen LogP contribution in [0.5, 0.6) is 0 Å². The number of thiazole rings is 1. The standard InChI is InChI=1S/C19H18N8O6S2/c20-14(25-33)8-2-1-3-26(4-8)5-9-6-34-17-12(16(29)27(17)13(9)18(30)31)23-15(28)11(24-32)10-7-35-19(21)22-10/h1-4,7,12,17H,5-6H2,(H7-,20,21,22,23,24,25,28,30,31,32,33)/t12-,17+/m1/s1. The van der Waals surface area contributed by atoms with Crippen molar-refractivity contribution < 1.29 is 34.5 Å². The number of hydrogen-bond donors (Lipinski definition) is 5. The van der Waals surface area contributed by atoms with Crippen LogP contribution in [0.4, 0.5) is 5.13 Å². The molecule has 182 valence electrons. The van der Waals surface area contributed by atoms with Crippen molar-refractivity contribution in [1.82, 2.24) is 15.2 Å². The first kappa shape index (κ1) is 24.0. The molecule has 4 rings (SSSR count). The fourth-order valence-corrected chi connectivity index (χ4v) is 5.55. The van der Waals surface area contributed by atoms with Gasteiger partial charge in [-0.2, -0.15) is 0 Å². The van der Waals surface area contributed by atoms with Crippen LogP contribution in [0.25, 0.3) is 0 Å². The molecule has 0 saturated carbocycles. The molecular formula is C19H18N8O6S2. The number of carbonyl (C=O) groups is 3. The van der Waals surface area contributed by atoms with Crippen LogP contribution in [0.1, 0.15) is 11.3 Å². The van der Waals surface area contributed by atoms with Crippen LogP contribution < -0.4 is 26.5 Å². The number of carboxylic acids is 1. The molecule has 4 heterocycles. The van der Waals surface area contributed by atoms with E-state index < -0.39 is 34.9 Å². The number of carboxylic acid groups (broad SMARTS) is 1. The van der Waals surface area contributed by atoms with E-state index in [1.165, 1.54) is 17.1 Å². The second-order valence-electron chi connectivity index (χ2n) is 7.37. The molecule has 7 N–H and O–H groups in total. The summed E-state index contributed by atoms with van der Waals surface area (Å²) in [7, 11) is 0. The Kier molecular flexibility index (Phi) is 6.57. The lowest BCUT2D eigenvalue weighted by atomic mass is 10.0. The number of thioether (sulfide) groups is 1. The van der Waals surface area contributed by atoms with Gasteiger partial charge in [0.05, 0.1) is 17.2 Å². The van der Waals surface area contributed by atoms with Gasteiger partial charge in [-0.25, -0.2) is 9.55 Å². The molecule has 1 saturated heterocycles. The Morgan fingerprint density at radius 2 is 2.14 bits per heavy atom. The highest BCUT2D eigenvalue weighted by Gasteiger charge is 2.53. The minimum absolute atomic E-state index is 0.0381. The van der Waals surface area contributed by atoms with Crippen LogP contribution >= 0.6 is 23.1 Å². The minimum atomic E-state index is -1.54. The first-order valence-corrected chi connectivity index (χ1v) is 11.8. The topological polar surface area (TPSA) is 224 Å². The molecule has 2 atom stereocenters. The number of amides is 2. The van der Waals surface area contributed by atoms with Gasteiger partial charge in [0, 0.05) is 22.8 Å². The van der Waals surface area contributed by atoms with Crippen LogP contribution in [0.3, 0.4) is 0 Å². The van der Waals surface area contributed by atoms with Gasteiger partial charge < -0.3 is 37.1 Å². The molecular weight excluding hydrogens is 500 g/mol. The maximum Gasteiger partial charge on any atom is 0.276 e. The summed E-state index contributed by atoms with van der Waals surface area (Å²) in [4.78, 5) is 42.4. The Morgan fingerprint density at radius 1 is 1.37 bits per heavy atom. The molecule has 1 fully saturated rings. The number of anilines is 1. The van der Waals surface area contributed by atoms with Gasteiger partial charge in [0.25, 0.3) is 11.8 Å². The average Bonchev–Trinajstić information content (AvgIpc) is 3.27. The molecule has 0 spiro atoms. The molecule has 2 aliphatic heterocycles. The highest BCUT2D eigenvalue weighted by molar-refractivity contribution is 8.00. The highest BCUT2D eigenvalue weighted by Crippen LogP contribution is 2.40. The Bertz CT molecular complexity index is 1310. The van der Waals surface area contributed by atoms with Crippen LogP contribution in [-0.2, 0) is 20.9 Å². The number of pyridine rings is 1. The number of nitrogens with zero attached hydrogens (tertiary/aromatic N) is 5. The number of oxime groups is 2. The second-order valence-corrected chi connectivity index (χ2v) is 9.37. The molecule has 0 radical (unpaired) electrons. The van der Waals surface area contributed by atoms with Crippen LogP contribution in [0.15, 0.2) is 51.5 Å². The smallest absolute Gasteiger partial charge is 0.276 e. The zero-order chi connectivity index (χ0) is 25.3. The number of nitrogens with one attached hydrogen (secondary N) is 1. The van der Waals surface area contributed by atoms with Crippen molar-refractivity contribution in [1.29, 1.82) is 0 Å². The van der Waals surface area contributed by atoms with Gasteiger partial charge in [0.2, 0.25) is 0 Å². The lowest BCUT2D eigenvalue weighted by molar-refractivity contribution is -0.689. The molecule has 35 heavy (non-hydrogen) atoms. The van der Waals surface area contributed by atoms with Crippen molar-refractivity contribution in [2.75, 3.05) is 11.5 Å². The number of aliphatic carboxylic acids is 1. The quantitative estimate of drug-likeness (QED) is 0.0641. The van der Waals surface area contributed by atoms with Gasteiger partial charge in [-0.1, -0.05) is 10.3 Å². The van der Waals surface area contributed by atoms with Gasteiger partial charge in [-0.15, -0.1) is 23.1 Å². The maximum atomic E-state index is 12.8. The van der Waals surface area contributed by atoms with Crippen LogP contribution in [0, 0.1) is 0 Å². The van der Waals surface area contributed by atoms with E-state index >= 15 is 0 Å². The van der Waals surface area contributed by atoms with E-state index in [0.717, 1.165) is 16.2 Å². The number of nitrogen functional groups attached to an aromatic ring is 1. The molecule has 2 aliphatic rings. The van der Waals surface area contributed by atoms with Crippen molar-refractivity contribution in [3.05, 3.63) is 52.4 Å². The largest absolute Gasteiger partial charge is 0.543 e. The Balaban J connectivity index is 1.53. The maximum absolute atomic E-state index is 12.8. The van der Waals surface area contributed by atoms with E-state index in [1.54, 1.807) is 29.1 Å². The van der Waals surface area contributed by atoms with E-state index in [-0.39, 0.29) is 34.7 Å². The number of nitrogens with two attached hydrogens (primary N) is 2. The Morgan fingerprint density at radius 3 is 2.77 bits per heavy atom. The SMILES string of the molecule is NC(=NO)c1ccc[n+](CC2=C(C(=O)[O-])N3C(=O)[C@@H](NC(=O)C(=NO)c4csc(N)n4)[C@@H]3SC2)c1. The minimum Gasteiger partial charge on any atom is -0.543 e. The van der Waals surface area contributed by atoms with Crippen molar-refractivity contribution in [2.24, 2.45) is 16.0 Å². The van der Waals surface area contributed by atoms with Crippen LogP contribution in [-0.4, -0.2) is 66.8 Å². The Hall–Kier alpha value is -4.18. The molecule has 0 unspecified atom stereocenters. The summed E-state index contributed by atoms with van der Waals surface area (Å²) in [6, 6.07) is 2.20. The van der Waals surface area contributed by atoms with E-state index in [2.05, 4.69) is 20.6 Å². The number of rotatable bonds is 7. The van der Waals surface area contributed by atoms with E-state index in [1.807, 2.05) is 0 Å². The molecule has 2 amide bonds. The summed E-state index contributed by atoms with van der Waals surface area (Å²) < 4.78 is 1.62. The molecule has 0 aliphatic carbocycles. The van der Waals surface area contributed by atoms with Gasteiger partial charge in [-0.05, 0) is 6.07 Å². The predicted molar refractivity (Wildman–Crippen MR) is 121 cm³/mol. The molecule has 0 bridgehead atoms. The number of amidine groups is 1. The number of aromatic nitrogens is 2. The molecule has 14 nitrogen and oxygen atoms in total. The monoisotopic (exact) mass is 518 g/mol. The summed E-state index contributed by atoms with van der Waals surface area (Å²) >= 11 is 2.29.